The lowest BCUT2D eigenvalue weighted by molar-refractivity contribution is 0.742. The molecule has 0 aromatic carbocycles. The van der Waals surface area contributed by atoms with Gasteiger partial charge in [-0.05, 0) is 6.92 Å². The molecule has 1 aromatic rings. The molecular weight excluding hydrogens is 186 g/mol. The van der Waals surface area contributed by atoms with Gasteiger partial charge < -0.3 is 17.2 Å². The fourth-order valence-electron chi connectivity index (χ4n) is 0.764. The Morgan fingerprint density at radius 1 is 1.43 bits per heavy atom. The van der Waals surface area contributed by atoms with E-state index in [2.05, 4.69) is 30.6 Å². The van der Waals surface area contributed by atoms with Crippen LogP contribution in [-0.2, 0) is 0 Å². The van der Waals surface area contributed by atoms with Crippen molar-refractivity contribution in [1.29, 1.82) is 0 Å². The highest BCUT2D eigenvalue weighted by molar-refractivity contribution is 5.92. The summed E-state index contributed by atoms with van der Waals surface area (Å²) in [4.78, 5) is 7.46. The first-order chi connectivity index (χ1) is 6.59. The highest BCUT2D eigenvalue weighted by Gasteiger charge is 2.08. The van der Waals surface area contributed by atoms with Crippen molar-refractivity contribution in [3.05, 3.63) is 5.82 Å². The van der Waals surface area contributed by atoms with Crippen molar-refractivity contribution < 1.29 is 0 Å². The molecule has 9 heteroatoms. The van der Waals surface area contributed by atoms with E-state index in [1.165, 1.54) is 0 Å². The number of nitrogens with zero attached hydrogens (tertiary/aromatic N) is 5. The van der Waals surface area contributed by atoms with Gasteiger partial charge in [0.2, 0.25) is 5.96 Å². The molecule has 0 aliphatic rings. The number of guanidine groups is 2. The number of tetrazole rings is 1. The van der Waals surface area contributed by atoms with E-state index >= 15 is 0 Å². The summed E-state index contributed by atoms with van der Waals surface area (Å²) in [6, 6.07) is -0.350. The topological polar surface area (TPSA) is 157 Å². The van der Waals surface area contributed by atoms with Crippen LogP contribution in [0.1, 0.15) is 18.8 Å². The molecule has 0 saturated carbocycles. The highest BCUT2D eigenvalue weighted by atomic mass is 15.5. The number of hydrogen-bond acceptors (Lipinski definition) is 4. The maximum atomic E-state index is 5.40. The van der Waals surface area contributed by atoms with E-state index in [0.717, 1.165) is 0 Å². The van der Waals surface area contributed by atoms with Crippen molar-refractivity contribution in [1.82, 2.24) is 20.6 Å². The highest BCUT2D eigenvalue weighted by Crippen LogP contribution is 2.08. The molecule has 0 bridgehead atoms. The molecule has 7 N–H and O–H groups in total. The molecular formula is C5H11N9. The van der Waals surface area contributed by atoms with Crippen molar-refractivity contribution in [2.24, 2.45) is 27.2 Å². The predicted octanol–water partition coefficient (Wildman–Crippen LogP) is -2.15. The lowest BCUT2D eigenvalue weighted by atomic mass is 10.3. The zero-order chi connectivity index (χ0) is 10.6. The minimum Gasteiger partial charge on any atom is -0.370 e. The number of aliphatic imine (C=N–C) groups is 2. The molecule has 1 unspecified atom stereocenters. The Kier molecular flexibility index (Phi) is 2.94. The second-order valence-corrected chi connectivity index (χ2v) is 2.47. The van der Waals surface area contributed by atoms with E-state index < -0.39 is 0 Å². The summed E-state index contributed by atoms with van der Waals surface area (Å²) in [7, 11) is 0. The lowest BCUT2D eigenvalue weighted by Crippen LogP contribution is -2.26. The molecule has 0 saturated heterocycles. The van der Waals surface area contributed by atoms with Gasteiger partial charge in [-0.15, -0.1) is 10.2 Å². The molecule has 1 aromatic heterocycles. The molecule has 14 heavy (non-hydrogen) atoms. The maximum absolute atomic E-state index is 5.40. The van der Waals surface area contributed by atoms with Gasteiger partial charge in [0.05, 0.1) is 0 Å². The second-order valence-electron chi connectivity index (χ2n) is 2.47. The molecule has 0 aliphatic carbocycles. The van der Waals surface area contributed by atoms with Crippen LogP contribution in [0, 0.1) is 0 Å². The van der Waals surface area contributed by atoms with Crippen molar-refractivity contribution in [3.8, 4) is 0 Å². The summed E-state index contributed by atoms with van der Waals surface area (Å²) < 4.78 is 0. The van der Waals surface area contributed by atoms with Crippen molar-refractivity contribution in [3.63, 3.8) is 0 Å². The van der Waals surface area contributed by atoms with E-state index in [0.29, 0.717) is 5.82 Å². The van der Waals surface area contributed by atoms with E-state index in [4.69, 9.17) is 17.2 Å². The molecule has 0 fully saturated rings. The summed E-state index contributed by atoms with van der Waals surface area (Å²) in [5.41, 5.74) is 15.6. The van der Waals surface area contributed by atoms with Crippen LogP contribution in [0.15, 0.2) is 9.98 Å². The number of hydrogen-bond donors (Lipinski definition) is 4. The molecule has 9 nitrogen and oxygen atoms in total. The minimum absolute atomic E-state index is 0.0256. The molecule has 0 spiro atoms. The predicted molar refractivity (Wildman–Crippen MR) is 50.0 cm³/mol. The molecule has 1 heterocycles. The van der Waals surface area contributed by atoms with Crippen LogP contribution in [0.4, 0.5) is 0 Å². The van der Waals surface area contributed by atoms with E-state index in [9.17, 15) is 0 Å². The largest absolute Gasteiger partial charge is 0.370 e. The van der Waals surface area contributed by atoms with Gasteiger partial charge in [0.15, 0.2) is 11.8 Å². The Morgan fingerprint density at radius 2 is 2.14 bits per heavy atom. The van der Waals surface area contributed by atoms with Gasteiger partial charge in [0.1, 0.15) is 6.04 Å². The Hall–Kier alpha value is -2.19. The summed E-state index contributed by atoms with van der Waals surface area (Å²) >= 11 is 0. The van der Waals surface area contributed by atoms with Crippen LogP contribution in [-0.4, -0.2) is 32.5 Å². The normalized spacial score (nSPS) is 13.6. The monoisotopic (exact) mass is 197 g/mol. The van der Waals surface area contributed by atoms with Crippen molar-refractivity contribution >= 4 is 11.9 Å². The third kappa shape index (κ3) is 2.69. The van der Waals surface area contributed by atoms with Crippen LogP contribution < -0.4 is 17.2 Å². The zero-order valence-corrected chi connectivity index (χ0v) is 7.55. The first-order valence-corrected chi connectivity index (χ1v) is 3.76. The van der Waals surface area contributed by atoms with Gasteiger partial charge in [-0.3, -0.25) is 0 Å². The van der Waals surface area contributed by atoms with E-state index in [-0.39, 0.29) is 18.0 Å². The van der Waals surface area contributed by atoms with Gasteiger partial charge in [-0.1, -0.05) is 5.21 Å². The van der Waals surface area contributed by atoms with Gasteiger partial charge in [0.25, 0.3) is 0 Å². The standard InChI is InChI=1S/C5H11N9/c1-2(3-11-13-14-12-3)9-5(8)10-4(6)7/h2H,1H3,(H,11,12,13,14)(H6,6,7,8,9,10). The van der Waals surface area contributed by atoms with E-state index in [1.54, 1.807) is 6.92 Å². The molecule has 0 radical (unpaired) electrons. The third-order valence-corrected chi connectivity index (χ3v) is 1.30. The maximum Gasteiger partial charge on any atom is 0.219 e. The van der Waals surface area contributed by atoms with E-state index in [1.807, 2.05) is 0 Å². The van der Waals surface area contributed by atoms with Crippen molar-refractivity contribution in [2.45, 2.75) is 13.0 Å². The SMILES string of the molecule is CC(N=C(N)N=C(N)N)c1nn[nH]n1. The summed E-state index contributed by atoms with van der Waals surface area (Å²) in [6.45, 7) is 1.74. The van der Waals surface area contributed by atoms with Crippen LogP contribution in [0.2, 0.25) is 0 Å². The lowest BCUT2D eigenvalue weighted by Gasteiger charge is -1.99. The molecule has 1 atom stereocenters. The Labute approximate surface area is 79.5 Å². The zero-order valence-electron chi connectivity index (χ0n) is 7.55. The number of aromatic amines is 1. The second kappa shape index (κ2) is 4.16. The number of aromatic nitrogens is 4. The third-order valence-electron chi connectivity index (χ3n) is 1.30. The average molecular weight is 197 g/mol. The van der Waals surface area contributed by atoms with Crippen molar-refractivity contribution in [2.75, 3.05) is 0 Å². The number of nitrogens with two attached hydrogens (primary N) is 3. The quantitative estimate of drug-likeness (QED) is 0.312. The number of rotatable bonds is 2. The molecule has 76 valence electrons. The average Bonchev–Trinajstić information content (AvgIpc) is 2.53. The summed E-state index contributed by atoms with van der Waals surface area (Å²) in [5.74, 6) is 0.243. The molecule has 0 amide bonds. The number of nitrogens with one attached hydrogen (secondary N) is 1. The Balaban J connectivity index is 2.73. The van der Waals surface area contributed by atoms with Gasteiger partial charge in [-0.2, -0.15) is 10.2 Å². The van der Waals surface area contributed by atoms with Crippen LogP contribution in [0.5, 0.6) is 0 Å². The Bertz CT molecular complexity index is 332. The Morgan fingerprint density at radius 3 is 2.64 bits per heavy atom. The number of H-pyrrole nitrogens is 1. The first-order valence-electron chi connectivity index (χ1n) is 3.76. The smallest absolute Gasteiger partial charge is 0.219 e. The van der Waals surface area contributed by atoms with Gasteiger partial charge in [-0.25, -0.2) is 4.99 Å². The fraction of sp³-hybridized carbons (Fsp3) is 0.400. The first kappa shape index (κ1) is 9.89. The van der Waals surface area contributed by atoms with Crippen LogP contribution in [0.3, 0.4) is 0 Å². The van der Waals surface area contributed by atoms with Gasteiger partial charge >= 0.3 is 0 Å². The minimum atomic E-state index is -0.350. The van der Waals surface area contributed by atoms with Crippen LogP contribution in [0.25, 0.3) is 0 Å². The van der Waals surface area contributed by atoms with Gasteiger partial charge in [0, 0.05) is 0 Å². The molecule has 0 aliphatic heterocycles. The van der Waals surface area contributed by atoms with Crippen LogP contribution >= 0.6 is 0 Å². The fourth-order valence-corrected chi connectivity index (χ4v) is 0.764. The molecule has 1 rings (SSSR count). The summed E-state index contributed by atoms with van der Waals surface area (Å²) in [5, 5.41) is 13.1. The summed E-state index contributed by atoms with van der Waals surface area (Å²) in [6.07, 6.45) is 0.